The van der Waals surface area contributed by atoms with Crippen LogP contribution in [0.25, 0.3) is 0 Å². The summed E-state index contributed by atoms with van der Waals surface area (Å²) in [6, 6.07) is 14.9. The lowest BCUT2D eigenvalue weighted by molar-refractivity contribution is -0.157. The molecule has 1 heterocycles. The van der Waals surface area contributed by atoms with Crippen LogP contribution in [0, 0.1) is 5.41 Å². The van der Waals surface area contributed by atoms with Gasteiger partial charge in [0.05, 0.1) is 0 Å². The van der Waals surface area contributed by atoms with E-state index in [1.165, 1.54) is 0 Å². The number of nitrogens with one attached hydrogen (secondary N) is 1. The first kappa shape index (κ1) is 26.0. The molecule has 0 spiro atoms. The first-order valence-electron chi connectivity index (χ1n) is 11.5. The summed E-state index contributed by atoms with van der Waals surface area (Å²) < 4.78 is 5.88. The van der Waals surface area contributed by atoms with E-state index in [1.807, 2.05) is 69.3 Å². The highest BCUT2D eigenvalue weighted by Crippen LogP contribution is 2.51. The molecule has 4 atom stereocenters. The Morgan fingerprint density at radius 2 is 1.67 bits per heavy atom. The second-order valence-corrected chi connectivity index (χ2v) is 12.2. The monoisotopic (exact) mass is 490 g/mol. The number of ether oxygens (including phenoxy) is 1. The Morgan fingerprint density at radius 3 is 2.18 bits per heavy atom. The zero-order valence-corrected chi connectivity index (χ0v) is 21.9. The molecule has 33 heavy (non-hydrogen) atoms. The third-order valence-corrected chi connectivity index (χ3v) is 6.78. The Balaban J connectivity index is 2.25. The van der Waals surface area contributed by atoms with E-state index in [2.05, 4.69) is 26.1 Å². The van der Waals surface area contributed by atoms with E-state index in [9.17, 15) is 4.79 Å². The van der Waals surface area contributed by atoms with Crippen molar-refractivity contribution >= 4 is 29.2 Å². The van der Waals surface area contributed by atoms with Gasteiger partial charge >= 0.3 is 5.97 Å². The molecule has 0 aliphatic carbocycles. The fraction of sp³-hybridized carbons (Fsp3) is 0.519. The molecule has 0 radical (unpaired) electrons. The van der Waals surface area contributed by atoms with Crippen molar-refractivity contribution in [2.75, 3.05) is 6.54 Å². The van der Waals surface area contributed by atoms with Crippen LogP contribution in [-0.2, 0) is 14.9 Å². The van der Waals surface area contributed by atoms with Gasteiger partial charge in [0.1, 0.15) is 11.6 Å². The molecule has 1 aliphatic heterocycles. The SMILES string of the molecule is CC(C)(C)C[C@@H]1N[C@@H](C(=O)OC(C)(C)C)[C@@H](c2cccc(Cl)c2)[C@@]1(CN)c1ccc(Cl)cc1. The molecular weight excluding hydrogens is 455 g/mol. The predicted octanol–water partition coefficient (Wildman–Crippen LogP) is 6.09. The lowest BCUT2D eigenvalue weighted by Gasteiger charge is -2.42. The number of hydrogen-bond donors (Lipinski definition) is 2. The fourth-order valence-electron chi connectivity index (χ4n) is 5.12. The van der Waals surface area contributed by atoms with Crippen molar-refractivity contribution < 1.29 is 9.53 Å². The van der Waals surface area contributed by atoms with Crippen molar-refractivity contribution in [2.24, 2.45) is 11.1 Å². The number of esters is 1. The molecule has 1 fully saturated rings. The van der Waals surface area contributed by atoms with Crippen molar-refractivity contribution in [1.82, 2.24) is 5.32 Å². The second kappa shape index (κ2) is 9.58. The van der Waals surface area contributed by atoms with Crippen molar-refractivity contribution in [3.8, 4) is 0 Å². The third kappa shape index (κ3) is 5.74. The molecule has 2 aromatic carbocycles. The van der Waals surface area contributed by atoms with Crippen molar-refractivity contribution in [1.29, 1.82) is 0 Å². The van der Waals surface area contributed by atoms with Crippen molar-refractivity contribution in [3.63, 3.8) is 0 Å². The predicted molar refractivity (Wildman–Crippen MR) is 137 cm³/mol. The zero-order valence-electron chi connectivity index (χ0n) is 20.4. The Morgan fingerprint density at radius 1 is 1.03 bits per heavy atom. The summed E-state index contributed by atoms with van der Waals surface area (Å²) in [7, 11) is 0. The maximum atomic E-state index is 13.6. The van der Waals surface area contributed by atoms with Crippen LogP contribution in [0.15, 0.2) is 48.5 Å². The average Bonchev–Trinajstić information content (AvgIpc) is 3.00. The highest BCUT2D eigenvalue weighted by molar-refractivity contribution is 6.30. The lowest BCUT2D eigenvalue weighted by atomic mass is 9.62. The maximum Gasteiger partial charge on any atom is 0.324 e. The van der Waals surface area contributed by atoms with Crippen LogP contribution < -0.4 is 11.1 Å². The molecule has 0 bridgehead atoms. The summed E-state index contributed by atoms with van der Waals surface area (Å²) in [5, 5.41) is 4.94. The van der Waals surface area contributed by atoms with Gasteiger partial charge in [0, 0.05) is 34.0 Å². The van der Waals surface area contributed by atoms with Gasteiger partial charge in [-0.15, -0.1) is 0 Å². The van der Waals surface area contributed by atoms with Crippen LogP contribution >= 0.6 is 23.2 Å². The van der Waals surface area contributed by atoms with E-state index in [0.29, 0.717) is 16.6 Å². The van der Waals surface area contributed by atoms with Gasteiger partial charge in [-0.25, -0.2) is 0 Å². The number of halogens is 2. The van der Waals surface area contributed by atoms with Crippen LogP contribution in [0.2, 0.25) is 10.0 Å². The molecular formula is C27H36Cl2N2O2. The summed E-state index contributed by atoms with van der Waals surface area (Å²) in [6.07, 6.45) is 0.823. The maximum absolute atomic E-state index is 13.6. The largest absolute Gasteiger partial charge is 0.459 e. The topological polar surface area (TPSA) is 64.3 Å². The number of carbonyl (C=O) groups is 1. The number of benzene rings is 2. The molecule has 1 aliphatic rings. The average molecular weight is 492 g/mol. The Labute approximate surface area is 208 Å². The van der Waals surface area contributed by atoms with E-state index in [0.717, 1.165) is 17.5 Å². The molecule has 3 rings (SSSR count). The number of rotatable bonds is 5. The number of nitrogens with two attached hydrogens (primary N) is 1. The Hall–Kier alpha value is -1.59. The minimum Gasteiger partial charge on any atom is -0.459 e. The summed E-state index contributed by atoms with van der Waals surface area (Å²) in [4.78, 5) is 13.6. The lowest BCUT2D eigenvalue weighted by Crippen LogP contribution is -2.50. The van der Waals surface area contributed by atoms with E-state index in [4.69, 9.17) is 33.7 Å². The molecule has 1 saturated heterocycles. The first-order valence-corrected chi connectivity index (χ1v) is 12.2. The number of carbonyl (C=O) groups excluding carboxylic acids is 1. The van der Waals surface area contributed by atoms with Crippen LogP contribution in [0.5, 0.6) is 0 Å². The highest BCUT2D eigenvalue weighted by atomic mass is 35.5. The molecule has 4 nitrogen and oxygen atoms in total. The molecule has 6 heteroatoms. The molecule has 2 aromatic rings. The van der Waals surface area contributed by atoms with E-state index < -0.39 is 17.1 Å². The quantitative estimate of drug-likeness (QED) is 0.497. The summed E-state index contributed by atoms with van der Waals surface area (Å²) in [5.41, 5.74) is 7.49. The van der Waals surface area contributed by atoms with Gasteiger partial charge in [-0.3, -0.25) is 4.79 Å². The molecule has 0 saturated carbocycles. The summed E-state index contributed by atoms with van der Waals surface area (Å²) in [6.45, 7) is 12.6. The molecule has 0 amide bonds. The first-order chi connectivity index (χ1) is 15.3. The van der Waals surface area contributed by atoms with E-state index in [1.54, 1.807) is 0 Å². The van der Waals surface area contributed by atoms with Gasteiger partial charge < -0.3 is 15.8 Å². The zero-order chi connectivity index (χ0) is 24.6. The minimum absolute atomic E-state index is 0.00617. The summed E-state index contributed by atoms with van der Waals surface area (Å²) >= 11 is 12.7. The van der Waals surface area contributed by atoms with Gasteiger partial charge in [-0.05, 0) is 68.0 Å². The van der Waals surface area contributed by atoms with Crippen molar-refractivity contribution in [2.45, 2.75) is 77.0 Å². The fourth-order valence-corrected chi connectivity index (χ4v) is 5.44. The van der Waals surface area contributed by atoms with Gasteiger partial charge in [0.15, 0.2) is 0 Å². The van der Waals surface area contributed by atoms with E-state index >= 15 is 0 Å². The van der Waals surface area contributed by atoms with Crippen LogP contribution in [0.3, 0.4) is 0 Å². The smallest absolute Gasteiger partial charge is 0.324 e. The molecule has 180 valence electrons. The van der Waals surface area contributed by atoms with Crippen LogP contribution in [-0.4, -0.2) is 30.2 Å². The van der Waals surface area contributed by atoms with Gasteiger partial charge in [-0.1, -0.05) is 68.2 Å². The number of hydrogen-bond acceptors (Lipinski definition) is 4. The van der Waals surface area contributed by atoms with Gasteiger partial charge in [-0.2, -0.15) is 0 Å². The Bertz CT molecular complexity index is 979. The second-order valence-electron chi connectivity index (χ2n) is 11.3. The molecule has 0 unspecified atom stereocenters. The molecule has 3 N–H and O–H groups in total. The van der Waals surface area contributed by atoms with Gasteiger partial charge in [0.2, 0.25) is 0 Å². The van der Waals surface area contributed by atoms with Gasteiger partial charge in [0.25, 0.3) is 0 Å². The highest BCUT2D eigenvalue weighted by Gasteiger charge is 2.58. The third-order valence-electron chi connectivity index (χ3n) is 6.30. The van der Waals surface area contributed by atoms with Crippen LogP contribution in [0.4, 0.5) is 0 Å². The van der Waals surface area contributed by atoms with E-state index in [-0.39, 0.29) is 23.3 Å². The van der Waals surface area contributed by atoms with Crippen LogP contribution in [0.1, 0.15) is 65.0 Å². The normalized spacial score (nSPS) is 25.8. The summed E-state index contributed by atoms with van der Waals surface area (Å²) in [5.74, 6) is -0.555. The standard InChI is InChI=1S/C27H36Cl2N2O2/c1-25(2,3)15-21-27(16-30,18-10-12-19(28)13-11-18)22(17-8-7-9-20(29)14-17)23(31-21)24(32)33-26(4,5)6/h7-14,21-23,31H,15-16,30H2,1-6H3/t21-,22+,23+,27-/m0/s1. The minimum atomic E-state index is -0.606. The van der Waals surface area contributed by atoms with Crippen molar-refractivity contribution in [3.05, 3.63) is 69.7 Å². The Kier molecular flexibility index (Phi) is 7.55. The molecule has 0 aromatic heterocycles.